The molecule has 2 aromatic carbocycles. The van der Waals surface area contributed by atoms with Gasteiger partial charge in [-0.25, -0.2) is 4.79 Å². The molecule has 22 heavy (non-hydrogen) atoms. The van der Waals surface area contributed by atoms with Gasteiger partial charge in [-0.05, 0) is 61.2 Å². The SMILES string of the molecule is CCCCOc1ccc(C(=O)Oc2ccc(SC)cc2)cc1. The lowest BCUT2D eigenvalue weighted by molar-refractivity contribution is 0.0734. The largest absolute Gasteiger partial charge is 0.494 e. The second-order valence-corrected chi connectivity index (χ2v) is 5.67. The summed E-state index contributed by atoms with van der Waals surface area (Å²) in [6.07, 6.45) is 4.13. The lowest BCUT2D eigenvalue weighted by Crippen LogP contribution is -2.08. The van der Waals surface area contributed by atoms with Crippen molar-refractivity contribution in [2.45, 2.75) is 24.7 Å². The Bertz CT molecular complexity index is 591. The van der Waals surface area contributed by atoms with Crippen LogP contribution in [0.3, 0.4) is 0 Å². The molecular weight excluding hydrogens is 296 g/mol. The molecular formula is C18H20O3S. The fourth-order valence-electron chi connectivity index (χ4n) is 1.83. The van der Waals surface area contributed by atoms with Crippen LogP contribution in [0.2, 0.25) is 0 Å². The van der Waals surface area contributed by atoms with Crippen molar-refractivity contribution in [1.82, 2.24) is 0 Å². The maximum Gasteiger partial charge on any atom is 0.343 e. The van der Waals surface area contributed by atoms with Gasteiger partial charge in [-0.15, -0.1) is 11.8 Å². The average molecular weight is 316 g/mol. The van der Waals surface area contributed by atoms with Gasteiger partial charge in [-0.2, -0.15) is 0 Å². The highest BCUT2D eigenvalue weighted by Gasteiger charge is 2.08. The third kappa shape index (κ3) is 4.81. The number of unbranched alkanes of at least 4 members (excludes halogenated alkanes) is 1. The van der Waals surface area contributed by atoms with Crippen molar-refractivity contribution >= 4 is 17.7 Å². The maximum absolute atomic E-state index is 12.1. The van der Waals surface area contributed by atoms with Gasteiger partial charge < -0.3 is 9.47 Å². The fourth-order valence-corrected chi connectivity index (χ4v) is 2.24. The quantitative estimate of drug-likeness (QED) is 0.318. The Morgan fingerprint density at radius 1 is 1.00 bits per heavy atom. The predicted molar refractivity (Wildman–Crippen MR) is 90.0 cm³/mol. The highest BCUT2D eigenvalue weighted by molar-refractivity contribution is 7.98. The molecule has 0 atom stereocenters. The van der Waals surface area contributed by atoms with Crippen molar-refractivity contribution in [3.63, 3.8) is 0 Å². The van der Waals surface area contributed by atoms with E-state index in [4.69, 9.17) is 9.47 Å². The molecule has 0 saturated heterocycles. The summed E-state index contributed by atoms with van der Waals surface area (Å²) in [4.78, 5) is 13.2. The van der Waals surface area contributed by atoms with Gasteiger partial charge in [-0.3, -0.25) is 0 Å². The summed E-state index contributed by atoms with van der Waals surface area (Å²) in [6.45, 7) is 2.82. The number of benzene rings is 2. The van der Waals surface area contributed by atoms with E-state index in [1.54, 1.807) is 48.2 Å². The van der Waals surface area contributed by atoms with E-state index in [0.29, 0.717) is 17.9 Å². The summed E-state index contributed by atoms with van der Waals surface area (Å²) in [7, 11) is 0. The van der Waals surface area contributed by atoms with Crippen LogP contribution in [-0.4, -0.2) is 18.8 Å². The molecule has 0 spiro atoms. The molecule has 116 valence electrons. The van der Waals surface area contributed by atoms with Crippen LogP contribution >= 0.6 is 11.8 Å². The zero-order valence-electron chi connectivity index (χ0n) is 12.9. The number of hydrogen-bond donors (Lipinski definition) is 0. The zero-order chi connectivity index (χ0) is 15.8. The Morgan fingerprint density at radius 2 is 1.64 bits per heavy atom. The van der Waals surface area contributed by atoms with E-state index in [2.05, 4.69) is 6.92 Å². The third-order valence-electron chi connectivity index (χ3n) is 3.13. The van der Waals surface area contributed by atoms with Crippen molar-refractivity contribution in [1.29, 1.82) is 0 Å². The summed E-state index contributed by atoms with van der Waals surface area (Å²) in [6, 6.07) is 14.5. The van der Waals surface area contributed by atoms with Gasteiger partial charge in [0.1, 0.15) is 11.5 Å². The van der Waals surface area contributed by atoms with Crippen LogP contribution in [0.4, 0.5) is 0 Å². The first-order valence-electron chi connectivity index (χ1n) is 7.32. The minimum Gasteiger partial charge on any atom is -0.494 e. The van der Waals surface area contributed by atoms with E-state index in [0.717, 1.165) is 23.5 Å². The topological polar surface area (TPSA) is 35.5 Å². The number of hydrogen-bond acceptors (Lipinski definition) is 4. The number of carbonyl (C=O) groups excluding carboxylic acids is 1. The first kappa shape index (κ1) is 16.4. The molecule has 2 rings (SSSR count). The molecule has 0 amide bonds. The Labute approximate surface area is 135 Å². The van der Waals surface area contributed by atoms with E-state index in [9.17, 15) is 4.79 Å². The molecule has 0 aliphatic carbocycles. The lowest BCUT2D eigenvalue weighted by atomic mass is 10.2. The van der Waals surface area contributed by atoms with Gasteiger partial charge in [0.25, 0.3) is 0 Å². The van der Waals surface area contributed by atoms with Gasteiger partial charge in [0.15, 0.2) is 0 Å². The highest BCUT2D eigenvalue weighted by Crippen LogP contribution is 2.20. The van der Waals surface area contributed by atoms with E-state index in [-0.39, 0.29) is 5.97 Å². The first-order chi connectivity index (χ1) is 10.7. The Morgan fingerprint density at radius 3 is 2.23 bits per heavy atom. The number of rotatable bonds is 7. The van der Waals surface area contributed by atoms with Crippen molar-refractivity contribution in [2.24, 2.45) is 0 Å². The zero-order valence-corrected chi connectivity index (χ0v) is 13.7. The molecule has 0 radical (unpaired) electrons. The van der Waals surface area contributed by atoms with Gasteiger partial charge in [0.2, 0.25) is 0 Å². The summed E-state index contributed by atoms with van der Waals surface area (Å²) < 4.78 is 10.9. The van der Waals surface area contributed by atoms with E-state index in [1.807, 2.05) is 18.4 Å². The van der Waals surface area contributed by atoms with E-state index < -0.39 is 0 Å². The number of thioether (sulfide) groups is 1. The monoisotopic (exact) mass is 316 g/mol. The van der Waals surface area contributed by atoms with E-state index in [1.165, 1.54) is 0 Å². The van der Waals surface area contributed by atoms with Crippen LogP contribution in [0.1, 0.15) is 30.1 Å². The van der Waals surface area contributed by atoms with Gasteiger partial charge in [0.05, 0.1) is 12.2 Å². The maximum atomic E-state index is 12.1. The van der Waals surface area contributed by atoms with Gasteiger partial charge >= 0.3 is 5.97 Å². The first-order valence-corrected chi connectivity index (χ1v) is 8.54. The molecule has 0 bridgehead atoms. The van der Waals surface area contributed by atoms with Gasteiger partial charge in [-0.1, -0.05) is 13.3 Å². The van der Waals surface area contributed by atoms with Crippen LogP contribution in [0.25, 0.3) is 0 Å². The average Bonchev–Trinajstić information content (AvgIpc) is 2.56. The molecule has 0 aromatic heterocycles. The molecule has 4 heteroatoms. The van der Waals surface area contributed by atoms with Crippen molar-refractivity contribution < 1.29 is 14.3 Å². The molecule has 0 fully saturated rings. The van der Waals surface area contributed by atoms with Crippen molar-refractivity contribution in [3.05, 3.63) is 54.1 Å². The number of ether oxygens (including phenoxy) is 2. The molecule has 3 nitrogen and oxygen atoms in total. The lowest BCUT2D eigenvalue weighted by Gasteiger charge is -2.07. The second kappa shape index (κ2) is 8.49. The Balaban J connectivity index is 1.94. The number of esters is 1. The minimum absolute atomic E-state index is 0.364. The summed E-state index contributed by atoms with van der Waals surface area (Å²) >= 11 is 1.65. The Hall–Kier alpha value is -1.94. The van der Waals surface area contributed by atoms with E-state index >= 15 is 0 Å². The Kier molecular flexibility index (Phi) is 6.34. The van der Waals surface area contributed by atoms with Crippen LogP contribution in [0.15, 0.2) is 53.4 Å². The van der Waals surface area contributed by atoms with Crippen molar-refractivity contribution in [3.8, 4) is 11.5 Å². The fraction of sp³-hybridized carbons (Fsp3) is 0.278. The molecule has 0 aliphatic heterocycles. The van der Waals surface area contributed by atoms with Crippen LogP contribution in [0.5, 0.6) is 11.5 Å². The summed E-state index contributed by atoms with van der Waals surface area (Å²) in [5.74, 6) is 0.956. The molecule has 0 aliphatic rings. The highest BCUT2D eigenvalue weighted by atomic mass is 32.2. The standard InChI is InChI=1S/C18H20O3S/c1-3-4-13-20-15-7-5-14(6-8-15)18(19)21-16-9-11-17(22-2)12-10-16/h5-12H,3-4,13H2,1-2H3. The molecule has 0 heterocycles. The van der Waals surface area contributed by atoms with Gasteiger partial charge in [0, 0.05) is 4.90 Å². The molecule has 0 saturated carbocycles. The summed E-state index contributed by atoms with van der Waals surface area (Å²) in [5, 5.41) is 0. The third-order valence-corrected chi connectivity index (χ3v) is 3.87. The molecule has 2 aromatic rings. The van der Waals surface area contributed by atoms with Crippen LogP contribution < -0.4 is 9.47 Å². The second-order valence-electron chi connectivity index (χ2n) is 4.79. The van der Waals surface area contributed by atoms with Crippen molar-refractivity contribution in [2.75, 3.05) is 12.9 Å². The van der Waals surface area contributed by atoms with Crippen LogP contribution in [0, 0.1) is 0 Å². The molecule has 0 N–H and O–H groups in total. The number of carbonyl (C=O) groups is 1. The molecule has 0 unspecified atom stereocenters. The smallest absolute Gasteiger partial charge is 0.343 e. The summed E-state index contributed by atoms with van der Waals surface area (Å²) in [5.41, 5.74) is 0.511. The van der Waals surface area contributed by atoms with Crippen LogP contribution in [-0.2, 0) is 0 Å². The normalized spacial score (nSPS) is 10.3. The predicted octanol–water partition coefficient (Wildman–Crippen LogP) is 4.81. The minimum atomic E-state index is -0.364.